The fourth-order valence-electron chi connectivity index (χ4n) is 3.45. The van der Waals surface area contributed by atoms with E-state index in [1.54, 1.807) is 18.0 Å². The summed E-state index contributed by atoms with van der Waals surface area (Å²) >= 11 is 1.13. The van der Waals surface area contributed by atoms with Gasteiger partial charge in [-0.3, -0.25) is 14.3 Å². The lowest BCUT2D eigenvalue weighted by Crippen LogP contribution is -2.50. The number of fused-ring (bicyclic) bond motifs is 1. The molecule has 0 aliphatic carbocycles. The second kappa shape index (κ2) is 6.55. The Morgan fingerprint density at radius 1 is 1.04 bits per heavy atom. The Hall–Kier alpha value is -2.29. The van der Waals surface area contributed by atoms with E-state index >= 15 is 0 Å². The third kappa shape index (κ3) is 2.92. The molecule has 0 radical (unpaired) electrons. The highest BCUT2D eigenvalue weighted by molar-refractivity contribution is 7.07. The van der Waals surface area contributed by atoms with Crippen LogP contribution in [-0.4, -0.2) is 67.2 Å². The van der Waals surface area contributed by atoms with Crippen LogP contribution in [0.3, 0.4) is 0 Å². The first-order valence-corrected chi connectivity index (χ1v) is 9.34. The summed E-state index contributed by atoms with van der Waals surface area (Å²) in [5, 5.41) is 8.25. The normalized spacial score (nSPS) is 17.5. The maximum absolute atomic E-state index is 12.8. The first-order chi connectivity index (χ1) is 12.1. The first-order valence-electron chi connectivity index (χ1n) is 8.57. The molecule has 0 aromatic carbocycles. The summed E-state index contributed by atoms with van der Waals surface area (Å²) in [5.74, 6) is -0.00611. The predicted octanol–water partition coefficient (Wildman–Crippen LogP) is 0.978. The Morgan fingerprint density at radius 2 is 1.76 bits per heavy atom. The number of aryl methyl sites for hydroxylation is 2. The Bertz CT molecular complexity index is 805. The molecule has 2 aromatic heterocycles. The molecule has 9 heteroatoms. The lowest BCUT2D eigenvalue weighted by molar-refractivity contribution is 0.0536. The van der Waals surface area contributed by atoms with Crippen molar-refractivity contribution in [3.8, 4) is 0 Å². The Kier molecular flexibility index (Phi) is 4.24. The molecule has 132 valence electrons. The second-order valence-corrected chi connectivity index (χ2v) is 7.21. The zero-order chi connectivity index (χ0) is 17.4. The molecule has 2 aromatic rings. The molecule has 2 amide bonds. The van der Waals surface area contributed by atoms with Crippen LogP contribution >= 0.6 is 11.5 Å². The highest BCUT2D eigenvalue weighted by Crippen LogP contribution is 2.21. The van der Waals surface area contributed by atoms with Crippen LogP contribution in [0.4, 0.5) is 0 Å². The Labute approximate surface area is 149 Å². The predicted molar refractivity (Wildman–Crippen MR) is 91.6 cm³/mol. The van der Waals surface area contributed by atoms with Crippen LogP contribution in [0, 0.1) is 6.92 Å². The van der Waals surface area contributed by atoms with Crippen molar-refractivity contribution in [3.63, 3.8) is 0 Å². The van der Waals surface area contributed by atoms with Gasteiger partial charge < -0.3 is 9.80 Å². The second-order valence-electron chi connectivity index (χ2n) is 6.46. The average molecular weight is 360 g/mol. The van der Waals surface area contributed by atoms with E-state index < -0.39 is 0 Å². The maximum atomic E-state index is 12.8. The van der Waals surface area contributed by atoms with Gasteiger partial charge in [0.05, 0.1) is 23.1 Å². The quantitative estimate of drug-likeness (QED) is 0.797. The van der Waals surface area contributed by atoms with Gasteiger partial charge in [-0.05, 0) is 37.7 Å². The van der Waals surface area contributed by atoms with Crippen molar-refractivity contribution in [2.75, 3.05) is 26.2 Å². The monoisotopic (exact) mass is 360 g/mol. The van der Waals surface area contributed by atoms with Crippen molar-refractivity contribution < 1.29 is 9.59 Å². The number of carbonyl (C=O) groups excluding carboxylic acids is 2. The van der Waals surface area contributed by atoms with Crippen LogP contribution in [0.2, 0.25) is 0 Å². The minimum Gasteiger partial charge on any atom is -0.335 e. The molecule has 0 spiro atoms. The molecule has 0 saturated carbocycles. The highest BCUT2D eigenvalue weighted by Gasteiger charge is 2.29. The summed E-state index contributed by atoms with van der Waals surface area (Å²) < 4.78 is 5.78. The number of hydrogen-bond donors (Lipinski definition) is 0. The van der Waals surface area contributed by atoms with Crippen LogP contribution < -0.4 is 0 Å². The molecular formula is C16H20N6O2S. The number of aromatic nitrogens is 4. The molecular weight excluding hydrogens is 340 g/mol. The van der Waals surface area contributed by atoms with Gasteiger partial charge in [-0.25, -0.2) is 0 Å². The van der Waals surface area contributed by atoms with Gasteiger partial charge in [-0.1, -0.05) is 4.49 Å². The third-order valence-electron chi connectivity index (χ3n) is 4.91. The number of amides is 2. The minimum atomic E-state index is -0.0393. The van der Waals surface area contributed by atoms with Crippen LogP contribution in [0.1, 0.15) is 44.3 Å². The number of piperazine rings is 1. The van der Waals surface area contributed by atoms with E-state index in [2.05, 4.69) is 14.7 Å². The standard InChI is InChI=1S/C16H20N6O2S/c1-11-14(25-19-18-11)16(24)21-8-6-20(7-9-21)15(23)12-10-17-22-5-3-2-4-13(12)22/h10H,2-9H2,1H3. The van der Waals surface area contributed by atoms with Crippen molar-refractivity contribution in [2.24, 2.45) is 0 Å². The van der Waals surface area contributed by atoms with Gasteiger partial charge in [0.1, 0.15) is 4.88 Å². The molecule has 4 heterocycles. The Morgan fingerprint density at radius 3 is 2.44 bits per heavy atom. The van der Waals surface area contributed by atoms with Crippen molar-refractivity contribution >= 4 is 23.3 Å². The fourth-order valence-corrected chi connectivity index (χ4v) is 4.08. The van der Waals surface area contributed by atoms with Gasteiger partial charge >= 0.3 is 0 Å². The number of rotatable bonds is 2. The topological polar surface area (TPSA) is 84.2 Å². The van der Waals surface area contributed by atoms with Gasteiger partial charge in [0.25, 0.3) is 11.8 Å². The molecule has 0 atom stereocenters. The summed E-state index contributed by atoms with van der Waals surface area (Å²) in [4.78, 5) is 29.6. The zero-order valence-corrected chi connectivity index (χ0v) is 15.0. The van der Waals surface area contributed by atoms with Crippen LogP contribution in [-0.2, 0) is 13.0 Å². The zero-order valence-electron chi connectivity index (χ0n) is 14.1. The molecule has 0 unspecified atom stereocenters. The van der Waals surface area contributed by atoms with Crippen LogP contribution in [0.5, 0.6) is 0 Å². The molecule has 1 fully saturated rings. The molecule has 4 rings (SSSR count). The van der Waals surface area contributed by atoms with Gasteiger partial charge in [0.15, 0.2) is 0 Å². The largest absolute Gasteiger partial charge is 0.335 e. The van der Waals surface area contributed by atoms with E-state index in [1.807, 2.05) is 9.58 Å². The highest BCUT2D eigenvalue weighted by atomic mass is 32.1. The van der Waals surface area contributed by atoms with Crippen molar-refractivity contribution in [1.82, 2.24) is 29.2 Å². The van der Waals surface area contributed by atoms with E-state index in [9.17, 15) is 9.59 Å². The summed E-state index contributed by atoms with van der Waals surface area (Å²) in [6.45, 7) is 4.84. The number of carbonyl (C=O) groups is 2. The van der Waals surface area contributed by atoms with Crippen molar-refractivity contribution in [1.29, 1.82) is 0 Å². The minimum absolute atomic E-state index is 0.0332. The fraction of sp³-hybridized carbons (Fsp3) is 0.562. The molecule has 2 aliphatic rings. The Balaban J connectivity index is 1.42. The lowest BCUT2D eigenvalue weighted by atomic mass is 10.1. The van der Waals surface area contributed by atoms with Gasteiger partial charge in [-0.2, -0.15) is 5.10 Å². The van der Waals surface area contributed by atoms with E-state index in [4.69, 9.17) is 0 Å². The number of nitrogens with zero attached hydrogens (tertiary/aromatic N) is 6. The average Bonchev–Trinajstić information content (AvgIpc) is 3.27. The maximum Gasteiger partial charge on any atom is 0.267 e. The molecule has 25 heavy (non-hydrogen) atoms. The summed E-state index contributed by atoms with van der Waals surface area (Å²) in [6.07, 6.45) is 4.84. The number of hydrogen-bond acceptors (Lipinski definition) is 6. The van der Waals surface area contributed by atoms with E-state index in [0.717, 1.165) is 48.6 Å². The third-order valence-corrected chi connectivity index (χ3v) is 5.73. The van der Waals surface area contributed by atoms with Gasteiger partial charge in [0, 0.05) is 32.7 Å². The molecule has 0 bridgehead atoms. The van der Waals surface area contributed by atoms with Gasteiger partial charge in [0.2, 0.25) is 0 Å². The van der Waals surface area contributed by atoms with Crippen LogP contribution in [0.15, 0.2) is 6.20 Å². The van der Waals surface area contributed by atoms with E-state index in [0.29, 0.717) is 36.8 Å². The van der Waals surface area contributed by atoms with E-state index in [1.165, 1.54) is 0 Å². The van der Waals surface area contributed by atoms with Crippen LogP contribution in [0.25, 0.3) is 0 Å². The van der Waals surface area contributed by atoms with Crippen molar-refractivity contribution in [2.45, 2.75) is 32.7 Å². The molecule has 2 aliphatic heterocycles. The summed E-state index contributed by atoms with van der Waals surface area (Å²) in [7, 11) is 0. The van der Waals surface area contributed by atoms with Crippen molar-refractivity contribution in [3.05, 3.63) is 28.0 Å². The lowest BCUT2D eigenvalue weighted by Gasteiger charge is -2.34. The van der Waals surface area contributed by atoms with Gasteiger partial charge in [-0.15, -0.1) is 5.10 Å². The SMILES string of the molecule is Cc1nnsc1C(=O)N1CCN(C(=O)c2cnn3c2CCCC3)CC1. The summed E-state index contributed by atoms with van der Waals surface area (Å²) in [6, 6.07) is 0. The smallest absolute Gasteiger partial charge is 0.267 e. The summed E-state index contributed by atoms with van der Waals surface area (Å²) in [5.41, 5.74) is 2.45. The molecule has 1 saturated heterocycles. The molecule has 0 N–H and O–H groups in total. The van der Waals surface area contributed by atoms with E-state index in [-0.39, 0.29) is 11.8 Å². The first kappa shape index (κ1) is 16.2. The molecule has 8 nitrogen and oxygen atoms in total.